The first kappa shape index (κ1) is 10.2. The summed E-state index contributed by atoms with van der Waals surface area (Å²) in [6.07, 6.45) is 4.39. The van der Waals surface area contributed by atoms with E-state index in [9.17, 15) is 0 Å². The third kappa shape index (κ3) is 1.36. The number of rotatable bonds is 0. The average Bonchev–Trinajstić information content (AvgIpc) is 2.57. The summed E-state index contributed by atoms with van der Waals surface area (Å²) in [5, 5.41) is 0.747. The first-order valence-corrected chi connectivity index (χ1v) is 6.20. The van der Waals surface area contributed by atoms with Crippen molar-refractivity contribution in [3.05, 3.63) is 34.7 Å². The van der Waals surface area contributed by atoms with E-state index in [0.29, 0.717) is 5.92 Å². The molecule has 84 valence electrons. The van der Waals surface area contributed by atoms with Crippen LogP contribution in [-0.4, -0.2) is 9.38 Å². The van der Waals surface area contributed by atoms with E-state index in [-0.39, 0.29) is 0 Å². The van der Waals surface area contributed by atoms with Crippen LogP contribution in [0.25, 0.3) is 5.65 Å². The Balaban J connectivity index is 2.30. The molecule has 2 aromatic rings. The van der Waals surface area contributed by atoms with Crippen LogP contribution in [-0.2, 0) is 6.42 Å². The number of halogens is 1. The molecule has 2 aromatic heterocycles. The summed E-state index contributed by atoms with van der Waals surface area (Å²) < 4.78 is 2.16. The Morgan fingerprint density at radius 1 is 1.44 bits per heavy atom. The number of aromatic nitrogens is 2. The molecule has 3 rings (SSSR count). The minimum Gasteiger partial charge on any atom is -0.302 e. The molecule has 0 bridgehead atoms. The van der Waals surface area contributed by atoms with Crippen LogP contribution in [0.3, 0.4) is 0 Å². The molecule has 0 fully saturated rings. The third-order valence-electron chi connectivity index (χ3n) is 3.48. The average molecular weight is 235 g/mol. The largest absolute Gasteiger partial charge is 0.302 e. The van der Waals surface area contributed by atoms with E-state index >= 15 is 0 Å². The number of hydrogen-bond acceptors (Lipinski definition) is 1. The van der Waals surface area contributed by atoms with Gasteiger partial charge in [-0.1, -0.05) is 25.4 Å². The standard InChI is InChI=1S/C13H15ClN2/c1-8-6-9(2)12-11(7-8)15-13-10(14)4-3-5-16(12)13/h3-5,8-9H,6-7H2,1-2H3. The van der Waals surface area contributed by atoms with Crippen molar-refractivity contribution in [3.63, 3.8) is 0 Å². The molecule has 2 atom stereocenters. The van der Waals surface area contributed by atoms with Gasteiger partial charge in [-0.3, -0.25) is 0 Å². The molecule has 0 radical (unpaired) electrons. The van der Waals surface area contributed by atoms with Gasteiger partial charge in [-0.15, -0.1) is 0 Å². The molecule has 0 saturated carbocycles. The molecule has 0 aliphatic heterocycles. The summed E-state index contributed by atoms with van der Waals surface area (Å²) in [4.78, 5) is 4.68. The fourth-order valence-electron chi connectivity index (χ4n) is 2.90. The second kappa shape index (κ2) is 3.49. The summed E-state index contributed by atoms with van der Waals surface area (Å²) >= 11 is 6.18. The van der Waals surface area contributed by atoms with Gasteiger partial charge in [-0.25, -0.2) is 4.98 Å². The quantitative estimate of drug-likeness (QED) is 0.680. The fraction of sp³-hybridized carbons (Fsp3) is 0.462. The topological polar surface area (TPSA) is 17.3 Å². The molecule has 0 aromatic carbocycles. The van der Waals surface area contributed by atoms with E-state index in [0.717, 1.165) is 23.0 Å². The van der Waals surface area contributed by atoms with E-state index in [1.54, 1.807) is 0 Å². The number of fused-ring (bicyclic) bond motifs is 3. The zero-order chi connectivity index (χ0) is 11.3. The van der Waals surface area contributed by atoms with Crippen molar-refractivity contribution in [2.75, 3.05) is 0 Å². The maximum absolute atomic E-state index is 6.18. The van der Waals surface area contributed by atoms with E-state index in [1.807, 2.05) is 12.1 Å². The molecular formula is C13H15ClN2. The number of pyridine rings is 1. The molecule has 2 heterocycles. The van der Waals surface area contributed by atoms with Crippen molar-refractivity contribution < 1.29 is 0 Å². The van der Waals surface area contributed by atoms with Gasteiger partial charge < -0.3 is 4.40 Å². The number of hydrogen-bond donors (Lipinski definition) is 0. The molecule has 3 heteroatoms. The second-order valence-corrected chi connectivity index (χ2v) is 5.35. The summed E-state index contributed by atoms with van der Waals surface area (Å²) in [7, 11) is 0. The van der Waals surface area contributed by atoms with Crippen molar-refractivity contribution >= 4 is 17.2 Å². The Labute approximate surface area is 100 Å². The van der Waals surface area contributed by atoms with Gasteiger partial charge >= 0.3 is 0 Å². The number of nitrogens with zero attached hydrogens (tertiary/aromatic N) is 2. The van der Waals surface area contributed by atoms with Gasteiger partial charge in [0.25, 0.3) is 0 Å². The van der Waals surface area contributed by atoms with Gasteiger partial charge in [0.1, 0.15) is 0 Å². The number of imidazole rings is 1. The molecule has 0 amide bonds. The van der Waals surface area contributed by atoms with Crippen LogP contribution in [0, 0.1) is 5.92 Å². The monoisotopic (exact) mass is 234 g/mol. The van der Waals surface area contributed by atoms with Crippen molar-refractivity contribution in [2.45, 2.75) is 32.6 Å². The van der Waals surface area contributed by atoms with Crippen molar-refractivity contribution in [1.29, 1.82) is 0 Å². The lowest BCUT2D eigenvalue weighted by Crippen LogP contribution is -2.15. The van der Waals surface area contributed by atoms with Crippen LogP contribution in [0.15, 0.2) is 18.3 Å². The summed E-state index contributed by atoms with van der Waals surface area (Å²) in [5.41, 5.74) is 3.50. The normalized spacial score (nSPS) is 24.7. The van der Waals surface area contributed by atoms with Crippen LogP contribution in [0.1, 0.15) is 37.6 Å². The highest BCUT2D eigenvalue weighted by molar-refractivity contribution is 6.33. The molecule has 0 saturated heterocycles. The van der Waals surface area contributed by atoms with Crippen molar-refractivity contribution in [2.24, 2.45) is 5.92 Å². The first-order chi connectivity index (χ1) is 7.66. The molecule has 1 aliphatic carbocycles. The smallest absolute Gasteiger partial charge is 0.156 e. The minimum atomic E-state index is 0.576. The maximum atomic E-state index is 6.18. The maximum Gasteiger partial charge on any atom is 0.156 e. The fourth-order valence-corrected chi connectivity index (χ4v) is 3.11. The SMILES string of the molecule is CC1Cc2nc3c(Cl)cccn3c2C(C)C1. The van der Waals surface area contributed by atoms with Gasteiger partial charge in [0.05, 0.1) is 10.7 Å². The van der Waals surface area contributed by atoms with Gasteiger partial charge in [0.2, 0.25) is 0 Å². The van der Waals surface area contributed by atoms with Gasteiger partial charge in [-0.05, 0) is 36.8 Å². The summed E-state index contributed by atoms with van der Waals surface area (Å²) in [5.74, 6) is 1.30. The van der Waals surface area contributed by atoms with E-state index in [1.165, 1.54) is 17.8 Å². The molecule has 16 heavy (non-hydrogen) atoms. The molecule has 2 unspecified atom stereocenters. The molecular weight excluding hydrogens is 220 g/mol. The predicted octanol–water partition coefficient (Wildman–Crippen LogP) is 3.67. The van der Waals surface area contributed by atoms with Crippen molar-refractivity contribution in [1.82, 2.24) is 9.38 Å². The lowest BCUT2D eigenvalue weighted by Gasteiger charge is -2.23. The van der Waals surface area contributed by atoms with E-state index in [2.05, 4.69) is 29.4 Å². The van der Waals surface area contributed by atoms with E-state index < -0.39 is 0 Å². The Bertz CT molecular complexity index is 544. The predicted molar refractivity (Wildman–Crippen MR) is 66.1 cm³/mol. The minimum absolute atomic E-state index is 0.576. The van der Waals surface area contributed by atoms with Crippen LogP contribution >= 0.6 is 11.6 Å². The molecule has 2 nitrogen and oxygen atoms in total. The lowest BCUT2D eigenvalue weighted by atomic mass is 9.84. The zero-order valence-corrected chi connectivity index (χ0v) is 10.3. The summed E-state index contributed by atoms with van der Waals surface area (Å²) in [6, 6.07) is 3.89. The van der Waals surface area contributed by atoms with Crippen LogP contribution < -0.4 is 0 Å². The highest BCUT2D eigenvalue weighted by Gasteiger charge is 2.26. The van der Waals surface area contributed by atoms with E-state index in [4.69, 9.17) is 11.6 Å². The zero-order valence-electron chi connectivity index (χ0n) is 9.57. The highest BCUT2D eigenvalue weighted by Crippen LogP contribution is 2.35. The highest BCUT2D eigenvalue weighted by atomic mass is 35.5. The van der Waals surface area contributed by atoms with Gasteiger partial charge in [0, 0.05) is 11.9 Å². The van der Waals surface area contributed by atoms with Gasteiger partial charge in [0.15, 0.2) is 5.65 Å². The molecule has 1 aliphatic rings. The van der Waals surface area contributed by atoms with Crippen LogP contribution in [0.4, 0.5) is 0 Å². The van der Waals surface area contributed by atoms with Crippen molar-refractivity contribution in [3.8, 4) is 0 Å². The van der Waals surface area contributed by atoms with Crippen LogP contribution in [0.5, 0.6) is 0 Å². The third-order valence-corrected chi connectivity index (χ3v) is 3.78. The first-order valence-electron chi connectivity index (χ1n) is 5.82. The molecule has 0 spiro atoms. The van der Waals surface area contributed by atoms with Crippen LogP contribution in [0.2, 0.25) is 5.02 Å². The Kier molecular flexibility index (Phi) is 2.21. The Morgan fingerprint density at radius 3 is 3.06 bits per heavy atom. The lowest BCUT2D eigenvalue weighted by molar-refractivity contribution is 0.437. The molecule has 0 N–H and O–H groups in total. The Morgan fingerprint density at radius 2 is 2.25 bits per heavy atom. The van der Waals surface area contributed by atoms with Gasteiger partial charge in [-0.2, -0.15) is 0 Å². The second-order valence-electron chi connectivity index (χ2n) is 4.94. The summed E-state index contributed by atoms with van der Waals surface area (Å²) in [6.45, 7) is 4.58. The Hall–Kier alpha value is -1.02.